The third-order valence-electron chi connectivity index (χ3n) is 4.06. The van der Waals surface area contributed by atoms with E-state index in [1.54, 1.807) is 14.2 Å². The molecule has 2 unspecified atom stereocenters. The number of hydrogen-bond donors (Lipinski definition) is 1. The van der Waals surface area contributed by atoms with Crippen LogP contribution in [0.3, 0.4) is 0 Å². The van der Waals surface area contributed by atoms with Crippen molar-refractivity contribution in [1.29, 1.82) is 0 Å². The van der Waals surface area contributed by atoms with Crippen LogP contribution >= 0.6 is 0 Å². The van der Waals surface area contributed by atoms with Crippen molar-refractivity contribution >= 4 is 16.6 Å². The van der Waals surface area contributed by atoms with Crippen molar-refractivity contribution in [3.63, 3.8) is 0 Å². The van der Waals surface area contributed by atoms with Gasteiger partial charge in [-0.15, -0.1) is 0 Å². The summed E-state index contributed by atoms with van der Waals surface area (Å²) in [6, 6.07) is 8.37. The van der Waals surface area contributed by atoms with E-state index < -0.39 is 0 Å². The zero-order valence-corrected chi connectivity index (χ0v) is 11.9. The van der Waals surface area contributed by atoms with Gasteiger partial charge in [-0.25, -0.2) is 4.98 Å². The fourth-order valence-corrected chi connectivity index (χ4v) is 3.02. The minimum absolute atomic E-state index is 0.276. The predicted octanol–water partition coefficient (Wildman–Crippen LogP) is 3.22. The van der Waals surface area contributed by atoms with Gasteiger partial charge in [-0.1, -0.05) is 12.1 Å². The highest BCUT2D eigenvalue weighted by molar-refractivity contribution is 5.95. The Labute approximate surface area is 119 Å². The molecule has 1 aliphatic rings. The van der Waals surface area contributed by atoms with Crippen LogP contribution in [0.4, 0.5) is 5.82 Å². The van der Waals surface area contributed by atoms with E-state index in [9.17, 15) is 0 Å². The maximum absolute atomic E-state index is 5.54. The molecule has 1 N–H and O–H groups in total. The quantitative estimate of drug-likeness (QED) is 0.928. The highest BCUT2D eigenvalue weighted by Crippen LogP contribution is 2.31. The first-order valence-corrected chi connectivity index (χ1v) is 7.04. The average molecular weight is 272 g/mol. The molecule has 0 bridgehead atoms. The van der Waals surface area contributed by atoms with Crippen LogP contribution in [0.1, 0.15) is 19.3 Å². The lowest BCUT2D eigenvalue weighted by atomic mass is 10.1. The first-order chi connectivity index (χ1) is 9.83. The number of methoxy groups -OCH3 is 2. The molecule has 0 aliphatic heterocycles. The summed E-state index contributed by atoms with van der Waals surface area (Å²) in [4.78, 5) is 4.49. The molecule has 4 nitrogen and oxygen atoms in total. The number of aromatic nitrogens is 1. The van der Waals surface area contributed by atoms with E-state index >= 15 is 0 Å². The summed E-state index contributed by atoms with van der Waals surface area (Å²) in [6.45, 7) is 0. The van der Waals surface area contributed by atoms with Gasteiger partial charge in [-0.2, -0.15) is 0 Å². The lowest BCUT2D eigenvalue weighted by molar-refractivity contribution is 0.101. The summed E-state index contributed by atoms with van der Waals surface area (Å²) in [5.41, 5.74) is 0. The van der Waals surface area contributed by atoms with E-state index in [-0.39, 0.29) is 6.10 Å². The van der Waals surface area contributed by atoms with Crippen LogP contribution in [0.25, 0.3) is 10.8 Å². The van der Waals surface area contributed by atoms with E-state index in [4.69, 9.17) is 9.47 Å². The van der Waals surface area contributed by atoms with Gasteiger partial charge in [0, 0.05) is 24.1 Å². The standard InChI is InChI=1S/C16H20N2O2/c1-19-14-7-3-5-12-11(14)9-10-17-16(12)18-13-6-4-8-15(13)20-2/h3,5,7,9-10,13,15H,4,6,8H2,1-2H3,(H,17,18). The van der Waals surface area contributed by atoms with Gasteiger partial charge in [-0.3, -0.25) is 0 Å². The van der Waals surface area contributed by atoms with Crippen molar-refractivity contribution in [2.24, 2.45) is 0 Å². The molecule has 1 aliphatic carbocycles. The minimum Gasteiger partial charge on any atom is -0.496 e. The third-order valence-corrected chi connectivity index (χ3v) is 4.06. The Morgan fingerprint density at radius 1 is 1.15 bits per heavy atom. The molecular formula is C16H20N2O2. The Morgan fingerprint density at radius 3 is 2.85 bits per heavy atom. The summed E-state index contributed by atoms with van der Waals surface area (Å²) in [5, 5.41) is 5.72. The van der Waals surface area contributed by atoms with Gasteiger partial charge < -0.3 is 14.8 Å². The molecule has 3 rings (SSSR count). The molecule has 1 aromatic carbocycles. The summed E-state index contributed by atoms with van der Waals surface area (Å²) in [6.07, 6.45) is 5.54. The fraction of sp³-hybridized carbons (Fsp3) is 0.438. The number of nitrogens with zero attached hydrogens (tertiary/aromatic N) is 1. The van der Waals surface area contributed by atoms with Crippen LogP contribution in [-0.4, -0.2) is 31.3 Å². The largest absolute Gasteiger partial charge is 0.496 e. The Hall–Kier alpha value is -1.81. The van der Waals surface area contributed by atoms with E-state index in [0.717, 1.165) is 35.2 Å². The number of rotatable bonds is 4. The number of pyridine rings is 1. The molecule has 1 saturated carbocycles. The smallest absolute Gasteiger partial charge is 0.134 e. The SMILES string of the molecule is COc1cccc2c(NC3CCCC3OC)nccc12. The van der Waals surface area contributed by atoms with Crippen molar-refractivity contribution in [1.82, 2.24) is 4.98 Å². The lowest BCUT2D eigenvalue weighted by Crippen LogP contribution is -2.30. The van der Waals surface area contributed by atoms with Crippen LogP contribution < -0.4 is 10.1 Å². The Balaban J connectivity index is 1.95. The lowest BCUT2D eigenvalue weighted by Gasteiger charge is -2.21. The van der Waals surface area contributed by atoms with Crippen LogP contribution in [0.15, 0.2) is 30.5 Å². The van der Waals surface area contributed by atoms with Gasteiger partial charge in [0.25, 0.3) is 0 Å². The van der Waals surface area contributed by atoms with Gasteiger partial charge in [0.15, 0.2) is 0 Å². The molecular weight excluding hydrogens is 252 g/mol. The Bertz CT molecular complexity index is 600. The van der Waals surface area contributed by atoms with E-state index in [0.29, 0.717) is 6.04 Å². The van der Waals surface area contributed by atoms with Gasteiger partial charge in [-0.05, 0) is 31.4 Å². The molecule has 4 heteroatoms. The molecule has 0 saturated heterocycles. The maximum atomic E-state index is 5.54. The molecule has 106 valence electrons. The normalized spacial score (nSPS) is 22.1. The molecule has 0 radical (unpaired) electrons. The third kappa shape index (κ3) is 2.31. The maximum Gasteiger partial charge on any atom is 0.134 e. The second-order valence-electron chi connectivity index (χ2n) is 5.17. The van der Waals surface area contributed by atoms with Crippen LogP contribution in [-0.2, 0) is 4.74 Å². The highest BCUT2D eigenvalue weighted by Gasteiger charge is 2.27. The molecule has 2 aromatic rings. The van der Waals surface area contributed by atoms with E-state index in [1.807, 2.05) is 24.4 Å². The molecule has 0 amide bonds. The molecule has 2 atom stereocenters. The summed E-state index contributed by atoms with van der Waals surface area (Å²) in [5.74, 6) is 1.79. The number of ether oxygens (including phenoxy) is 2. The minimum atomic E-state index is 0.276. The summed E-state index contributed by atoms with van der Waals surface area (Å²) >= 11 is 0. The average Bonchev–Trinajstić information content (AvgIpc) is 2.94. The zero-order valence-electron chi connectivity index (χ0n) is 11.9. The number of benzene rings is 1. The van der Waals surface area contributed by atoms with Crippen molar-refractivity contribution in [3.8, 4) is 5.75 Å². The Kier molecular flexibility index (Phi) is 3.74. The van der Waals surface area contributed by atoms with Crippen molar-refractivity contribution in [3.05, 3.63) is 30.5 Å². The summed E-state index contributed by atoms with van der Waals surface area (Å²) in [7, 11) is 3.48. The predicted molar refractivity (Wildman–Crippen MR) is 80.4 cm³/mol. The molecule has 1 aromatic heterocycles. The molecule has 1 heterocycles. The fourth-order valence-electron chi connectivity index (χ4n) is 3.02. The molecule has 20 heavy (non-hydrogen) atoms. The Morgan fingerprint density at radius 2 is 2.05 bits per heavy atom. The zero-order chi connectivity index (χ0) is 13.9. The molecule has 0 spiro atoms. The van der Waals surface area contributed by atoms with Crippen molar-refractivity contribution < 1.29 is 9.47 Å². The number of hydrogen-bond acceptors (Lipinski definition) is 4. The number of nitrogens with one attached hydrogen (secondary N) is 1. The monoisotopic (exact) mass is 272 g/mol. The number of fused-ring (bicyclic) bond motifs is 1. The topological polar surface area (TPSA) is 43.4 Å². The van der Waals surface area contributed by atoms with Crippen molar-refractivity contribution in [2.45, 2.75) is 31.4 Å². The highest BCUT2D eigenvalue weighted by atomic mass is 16.5. The van der Waals surface area contributed by atoms with Crippen LogP contribution in [0, 0.1) is 0 Å². The number of anilines is 1. The van der Waals surface area contributed by atoms with E-state index in [2.05, 4.69) is 16.4 Å². The summed E-state index contributed by atoms with van der Waals surface area (Å²) < 4.78 is 11.0. The molecule has 1 fully saturated rings. The second-order valence-corrected chi connectivity index (χ2v) is 5.17. The van der Waals surface area contributed by atoms with Crippen LogP contribution in [0.2, 0.25) is 0 Å². The first kappa shape index (κ1) is 13.2. The second kappa shape index (κ2) is 5.67. The van der Waals surface area contributed by atoms with E-state index in [1.165, 1.54) is 6.42 Å². The van der Waals surface area contributed by atoms with Gasteiger partial charge >= 0.3 is 0 Å². The van der Waals surface area contributed by atoms with Gasteiger partial charge in [0.05, 0.1) is 19.3 Å². The van der Waals surface area contributed by atoms with Gasteiger partial charge in [0.2, 0.25) is 0 Å². The first-order valence-electron chi connectivity index (χ1n) is 7.04. The van der Waals surface area contributed by atoms with Gasteiger partial charge in [0.1, 0.15) is 11.6 Å². The van der Waals surface area contributed by atoms with Crippen molar-refractivity contribution in [2.75, 3.05) is 19.5 Å². The van der Waals surface area contributed by atoms with Crippen LogP contribution in [0.5, 0.6) is 5.75 Å².